The SMILES string of the molecule is CN(Cc1cc(N)cc2c1OCOC2)C1CCC1. The van der Waals surface area contributed by atoms with Gasteiger partial charge in [-0.25, -0.2) is 0 Å². The fourth-order valence-corrected chi connectivity index (χ4v) is 2.67. The maximum absolute atomic E-state index is 5.95. The van der Waals surface area contributed by atoms with E-state index in [1.165, 1.54) is 24.8 Å². The highest BCUT2D eigenvalue weighted by atomic mass is 16.7. The largest absolute Gasteiger partial charge is 0.467 e. The summed E-state index contributed by atoms with van der Waals surface area (Å²) in [5.41, 5.74) is 8.99. The van der Waals surface area contributed by atoms with Crippen molar-refractivity contribution >= 4 is 5.69 Å². The molecule has 0 aromatic heterocycles. The third-order valence-electron chi connectivity index (χ3n) is 3.93. The second-order valence-electron chi connectivity index (χ2n) is 5.28. The molecule has 4 nitrogen and oxygen atoms in total. The Morgan fingerprint density at radius 1 is 1.39 bits per heavy atom. The second kappa shape index (κ2) is 4.78. The van der Waals surface area contributed by atoms with Crippen LogP contribution in [0.1, 0.15) is 30.4 Å². The lowest BCUT2D eigenvalue weighted by atomic mass is 9.91. The molecule has 4 heteroatoms. The Morgan fingerprint density at radius 3 is 2.94 bits per heavy atom. The smallest absolute Gasteiger partial charge is 0.189 e. The average Bonchev–Trinajstić information content (AvgIpc) is 2.26. The van der Waals surface area contributed by atoms with E-state index in [1.807, 2.05) is 12.1 Å². The van der Waals surface area contributed by atoms with Crippen LogP contribution in [0, 0.1) is 0 Å². The Hall–Kier alpha value is -1.26. The molecule has 1 aromatic rings. The lowest BCUT2D eigenvalue weighted by molar-refractivity contribution is -0.0176. The molecule has 0 atom stereocenters. The van der Waals surface area contributed by atoms with Crippen LogP contribution in [-0.4, -0.2) is 24.8 Å². The quantitative estimate of drug-likeness (QED) is 0.832. The summed E-state index contributed by atoms with van der Waals surface area (Å²) in [6.45, 7) is 1.84. The number of hydrogen-bond acceptors (Lipinski definition) is 4. The highest BCUT2D eigenvalue weighted by Gasteiger charge is 2.24. The third-order valence-corrected chi connectivity index (χ3v) is 3.93. The van der Waals surface area contributed by atoms with Crippen molar-refractivity contribution < 1.29 is 9.47 Å². The Morgan fingerprint density at radius 2 is 2.22 bits per heavy atom. The summed E-state index contributed by atoms with van der Waals surface area (Å²) in [6, 6.07) is 4.70. The third kappa shape index (κ3) is 2.18. The Bertz CT molecular complexity index is 444. The van der Waals surface area contributed by atoms with Crippen molar-refractivity contribution in [3.8, 4) is 5.75 Å². The van der Waals surface area contributed by atoms with Gasteiger partial charge < -0.3 is 15.2 Å². The molecule has 18 heavy (non-hydrogen) atoms. The fraction of sp³-hybridized carbons (Fsp3) is 0.571. The molecule has 0 unspecified atom stereocenters. The van der Waals surface area contributed by atoms with Gasteiger partial charge in [0.05, 0.1) is 6.61 Å². The van der Waals surface area contributed by atoms with Gasteiger partial charge in [-0.2, -0.15) is 0 Å². The number of fused-ring (bicyclic) bond motifs is 1. The van der Waals surface area contributed by atoms with Crippen LogP contribution < -0.4 is 10.5 Å². The second-order valence-corrected chi connectivity index (χ2v) is 5.28. The van der Waals surface area contributed by atoms with Crippen LogP contribution >= 0.6 is 0 Å². The molecule has 0 saturated heterocycles. The molecule has 1 aliphatic heterocycles. The van der Waals surface area contributed by atoms with Gasteiger partial charge in [0.1, 0.15) is 5.75 Å². The summed E-state index contributed by atoms with van der Waals surface area (Å²) in [5, 5.41) is 0. The van der Waals surface area contributed by atoms with E-state index in [-0.39, 0.29) is 0 Å². The van der Waals surface area contributed by atoms with Gasteiger partial charge in [0.25, 0.3) is 0 Å². The van der Waals surface area contributed by atoms with Gasteiger partial charge >= 0.3 is 0 Å². The number of nitrogen functional groups attached to an aromatic ring is 1. The van der Waals surface area contributed by atoms with Crippen molar-refractivity contribution in [3.05, 3.63) is 23.3 Å². The van der Waals surface area contributed by atoms with Crippen molar-refractivity contribution in [2.75, 3.05) is 19.6 Å². The highest BCUT2D eigenvalue weighted by Crippen LogP contribution is 2.33. The molecule has 2 aliphatic rings. The fourth-order valence-electron chi connectivity index (χ4n) is 2.67. The van der Waals surface area contributed by atoms with Crippen LogP contribution in [0.4, 0.5) is 5.69 Å². The van der Waals surface area contributed by atoms with Gasteiger partial charge in [0, 0.05) is 29.4 Å². The molecule has 2 N–H and O–H groups in total. The number of nitrogens with zero attached hydrogens (tertiary/aromatic N) is 1. The molecule has 0 amide bonds. The molecule has 1 heterocycles. The van der Waals surface area contributed by atoms with Crippen molar-refractivity contribution in [1.82, 2.24) is 4.90 Å². The van der Waals surface area contributed by atoms with Gasteiger partial charge in [-0.15, -0.1) is 0 Å². The predicted octanol–water partition coefficient (Wildman–Crippen LogP) is 2.12. The van der Waals surface area contributed by atoms with E-state index >= 15 is 0 Å². The Labute approximate surface area is 108 Å². The zero-order valence-electron chi connectivity index (χ0n) is 10.8. The lowest BCUT2D eigenvalue weighted by Gasteiger charge is -2.35. The van der Waals surface area contributed by atoms with Gasteiger partial charge in [-0.1, -0.05) is 6.42 Å². The molecule has 0 bridgehead atoms. The van der Waals surface area contributed by atoms with Crippen LogP contribution in [0.25, 0.3) is 0 Å². The van der Waals surface area contributed by atoms with E-state index in [1.54, 1.807) is 0 Å². The van der Waals surface area contributed by atoms with E-state index in [9.17, 15) is 0 Å². The molecule has 1 saturated carbocycles. The first-order chi connectivity index (χ1) is 8.74. The molecule has 0 spiro atoms. The van der Waals surface area contributed by atoms with E-state index in [0.29, 0.717) is 13.4 Å². The maximum Gasteiger partial charge on any atom is 0.189 e. The Kier molecular flexibility index (Phi) is 3.14. The molecular weight excluding hydrogens is 228 g/mol. The summed E-state index contributed by atoms with van der Waals surface area (Å²) in [5.74, 6) is 0.974. The summed E-state index contributed by atoms with van der Waals surface area (Å²) < 4.78 is 10.9. The van der Waals surface area contributed by atoms with Gasteiger partial charge in [0.15, 0.2) is 6.79 Å². The number of hydrogen-bond donors (Lipinski definition) is 1. The topological polar surface area (TPSA) is 47.7 Å². The van der Waals surface area contributed by atoms with Crippen molar-refractivity contribution in [2.24, 2.45) is 0 Å². The molecule has 3 rings (SSSR count). The average molecular weight is 248 g/mol. The zero-order valence-corrected chi connectivity index (χ0v) is 10.8. The highest BCUT2D eigenvalue weighted by molar-refractivity contribution is 5.53. The maximum atomic E-state index is 5.95. The lowest BCUT2D eigenvalue weighted by Crippen LogP contribution is -2.36. The van der Waals surface area contributed by atoms with Crippen molar-refractivity contribution in [2.45, 2.75) is 38.5 Å². The molecule has 1 aromatic carbocycles. The standard InChI is InChI=1S/C14H20N2O2/c1-16(13-3-2-4-13)7-10-5-12(15)6-11-8-17-9-18-14(10)11/h5-6,13H,2-4,7-9,15H2,1H3. The number of ether oxygens (including phenoxy) is 2. The summed E-state index contributed by atoms with van der Waals surface area (Å²) in [7, 11) is 2.18. The van der Waals surface area contributed by atoms with Crippen LogP contribution in [0.15, 0.2) is 12.1 Å². The number of benzene rings is 1. The van der Waals surface area contributed by atoms with Crippen molar-refractivity contribution in [1.29, 1.82) is 0 Å². The van der Waals surface area contributed by atoms with E-state index < -0.39 is 0 Å². The predicted molar refractivity (Wildman–Crippen MR) is 70.2 cm³/mol. The van der Waals surface area contributed by atoms with E-state index in [0.717, 1.165) is 29.6 Å². The van der Waals surface area contributed by atoms with E-state index in [4.69, 9.17) is 15.2 Å². The molecule has 1 aliphatic carbocycles. The van der Waals surface area contributed by atoms with Crippen LogP contribution in [0.2, 0.25) is 0 Å². The zero-order chi connectivity index (χ0) is 12.5. The molecular formula is C14H20N2O2. The van der Waals surface area contributed by atoms with Gasteiger partial charge in [0.2, 0.25) is 0 Å². The molecule has 1 fully saturated rings. The first-order valence-electron chi connectivity index (χ1n) is 6.56. The number of anilines is 1. The first kappa shape index (κ1) is 11.8. The minimum absolute atomic E-state index is 0.344. The van der Waals surface area contributed by atoms with Gasteiger partial charge in [-0.3, -0.25) is 4.90 Å². The monoisotopic (exact) mass is 248 g/mol. The van der Waals surface area contributed by atoms with Gasteiger partial charge in [-0.05, 0) is 32.0 Å². The molecule has 98 valence electrons. The first-order valence-corrected chi connectivity index (χ1v) is 6.56. The summed E-state index contributed by atoms with van der Waals surface area (Å²) in [4.78, 5) is 2.40. The Balaban J connectivity index is 1.83. The molecule has 0 radical (unpaired) electrons. The minimum Gasteiger partial charge on any atom is -0.467 e. The van der Waals surface area contributed by atoms with Crippen molar-refractivity contribution in [3.63, 3.8) is 0 Å². The minimum atomic E-state index is 0.344. The number of nitrogens with two attached hydrogens (primary N) is 1. The number of rotatable bonds is 3. The summed E-state index contributed by atoms with van der Waals surface area (Å²) >= 11 is 0. The van der Waals surface area contributed by atoms with Crippen LogP contribution in [0.5, 0.6) is 5.75 Å². The van der Waals surface area contributed by atoms with Crippen LogP contribution in [0.3, 0.4) is 0 Å². The van der Waals surface area contributed by atoms with Crippen LogP contribution in [-0.2, 0) is 17.9 Å². The van der Waals surface area contributed by atoms with E-state index in [2.05, 4.69) is 11.9 Å². The normalized spacial score (nSPS) is 19.2. The summed E-state index contributed by atoms with van der Waals surface area (Å²) in [6.07, 6.45) is 3.98.